The minimum absolute atomic E-state index is 0.117. The zero-order chi connectivity index (χ0) is 7.49. The summed E-state index contributed by atoms with van der Waals surface area (Å²) in [6.45, 7) is 3.83. The molecule has 0 amide bonds. The van der Waals surface area contributed by atoms with Crippen molar-refractivity contribution in [1.29, 1.82) is 0 Å². The molecule has 0 aliphatic carbocycles. The summed E-state index contributed by atoms with van der Waals surface area (Å²) in [7, 11) is 0. The minimum Gasteiger partial charge on any atom is -0.195 e. The molecular formula is C6H12F2S. The molecule has 0 heterocycles. The lowest BCUT2D eigenvalue weighted by Crippen LogP contribution is -2.06. The van der Waals surface area contributed by atoms with Crippen molar-refractivity contribution in [2.45, 2.75) is 31.9 Å². The molecule has 56 valence electrons. The number of rotatable bonds is 3. The topological polar surface area (TPSA) is 0 Å². The van der Waals surface area contributed by atoms with Crippen molar-refractivity contribution in [3.63, 3.8) is 0 Å². The third-order valence-electron chi connectivity index (χ3n) is 1.02. The van der Waals surface area contributed by atoms with Crippen molar-refractivity contribution >= 4 is 12.6 Å². The van der Waals surface area contributed by atoms with Crippen LogP contribution >= 0.6 is 12.6 Å². The van der Waals surface area contributed by atoms with Crippen molar-refractivity contribution in [3.05, 3.63) is 0 Å². The predicted molar refractivity (Wildman–Crippen MR) is 38.0 cm³/mol. The standard InChI is InChI=1S/C6H12F2S/c1-5(2)3-4-6(7,8)9/h5,9H,3-4H2,1-2H3. The summed E-state index contributed by atoms with van der Waals surface area (Å²) in [5.74, 6) is 0.336. The van der Waals surface area contributed by atoms with Gasteiger partial charge in [0.2, 0.25) is 0 Å². The second kappa shape index (κ2) is 3.40. The molecule has 0 rings (SSSR count). The molecule has 0 fully saturated rings. The van der Waals surface area contributed by atoms with E-state index in [1.807, 2.05) is 13.8 Å². The molecule has 0 radical (unpaired) electrons. The van der Waals surface area contributed by atoms with Gasteiger partial charge in [0.05, 0.1) is 0 Å². The molecule has 0 saturated carbocycles. The van der Waals surface area contributed by atoms with Crippen LogP contribution < -0.4 is 0 Å². The highest BCUT2D eigenvalue weighted by Gasteiger charge is 2.21. The molecule has 0 aliphatic heterocycles. The maximum absolute atomic E-state index is 11.9. The van der Waals surface area contributed by atoms with Crippen LogP contribution in [0.25, 0.3) is 0 Å². The molecule has 0 bridgehead atoms. The fourth-order valence-electron chi connectivity index (χ4n) is 0.462. The molecule has 0 N–H and O–H groups in total. The molecule has 0 aromatic heterocycles. The number of halogens is 2. The number of hydrogen-bond acceptors (Lipinski definition) is 1. The van der Waals surface area contributed by atoms with Crippen molar-refractivity contribution in [2.75, 3.05) is 0 Å². The molecule has 0 aliphatic rings. The van der Waals surface area contributed by atoms with Gasteiger partial charge in [-0.3, -0.25) is 0 Å². The smallest absolute Gasteiger partial charge is 0.195 e. The van der Waals surface area contributed by atoms with Gasteiger partial charge in [-0.15, -0.1) is 12.6 Å². The van der Waals surface area contributed by atoms with Crippen LogP contribution in [-0.4, -0.2) is 5.25 Å². The van der Waals surface area contributed by atoms with Crippen LogP contribution in [0.2, 0.25) is 0 Å². The van der Waals surface area contributed by atoms with Gasteiger partial charge in [0.1, 0.15) is 0 Å². The maximum Gasteiger partial charge on any atom is 0.291 e. The zero-order valence-electron chi connectivity index (χ0n) is 5.69. The summed E-state index contributed by atoms with van der Waals surface area (Å²) in [6, 6.07) is 0. The first kappa shape index (κ1) is 9.21. The van der Waals surface area contributed by atoms with E-state index in [1.54, 1.807) is 0 Å². The normalized spacial score (nSPS) is 12.7. The van der Waals surface area contributed by atoms with E-state index in [-0.39, 0.29) is 6.42 Å². The van der Waals surface area contributed by atoms with E-state index < -0.39 is 5.25 Å². The summed E-state index contributed by atoms with van der Waals surface area (Å²) in [5.41, 5.74) is 0. The number of alkyl halides is 2. The summed E-state index contributed by atoms with van der Waals surface area (Å²) in [5, 5.41) is -2.77. The van der Waals surface area contributed by atoms with Crippen molar-refractivity contribution in [2.24, 2.45) is 5.92 Å². The van der Waals surface area contributed by atoms with Crippen molar-refractivity contribution in [1.82, 2.24) is 0 Å². The fraction of sp³-hybridized carbons (Fsp3) is 1.00. The van der Waals surface area contributed by atoms with E-state index in [0.717, 1.165) is 0 Å². The average molecular weight is 154 g/mol. The Morgan fingerprint density at radius 2 is 1.89 bits per heavy atom. The highest BCUT2D eigenvalue weighted by atomic mass is 32.1. The van der Waals surface area contributed by atoms with E-state index in [1.165, 1.54) is 0 Å². The number of hydrogen-bond donors (Lipinski definition) is 1. The lowest BCUT2D eigenvalue weighted by atomic mass is 10.1. The Labute approximate surface area is 60.1 Å². The van der Waals surface area contributed by atoms with E-state index in [0.29, 0.717) is 12.3 Å². The quantitative estimate of drug-likeness (QED) is 0.594. The van der Waals surface area contributed by atoms with Crippen LogP contribution in [0.3, 0.4) is 0 Å². The molecule has 0 nitrogen and oxygen atoms in total. The van der Waals surface area contributed by atoms with Gasteiger partial charge in [-0.2, -0.15) is 8.78 Å². The third kappa shape index (κ3) is 8.21. The molecule has 0 aromatic carbocycles. The van der Waals surface area contributed by atoms with Crippen LogP contribution in [0.15, 0.2) is 0 Å². The summed E-state index contributed by atoms with van der Waals surface area (Å²) in [6.07, 6.45) is 0.421. The molecule has 9 heavy (non-hydrogen) atoms. The van der Waals surface area contributed by atoms with Gasteiger partial charge in [-0.1, -0.05) is 13.8 Å². The van der Waals surface area contributed by atoms with E-state index in [4.69, 9.17) is 0 Å². The van der Waals surface area contributed by atoms with Crippen LogP contribution in [0.4, 0.5) is 8.78 Å². The molecule has 0 saturated heterocycles. The lowest BCUT2D eigenvalue weighted by Gasteiger charge is -2.09. The van der Waals surface area contributed by atoms with Gasteiger partial charge in [0, 0.05) is 6.42 Å². The predicted octanol–water partition coefficient (Wildman–Crippen LogP) is 2.95. The highest BCUT2D eigenvalue weighted by Crippen LogP contribution is 2.25. The van der Waals surface area contributed by atoms with E-state index in [2.05, 4.69) is 12.6 Å². The molecule has 3 heteroatoms. The van der Waals surface area contributed by atoms with Crippen molar-refractivity contribution < 1.29 is 8.78 Å². The Kier molecular flexibility index (Phi) is 3.48. The first-order valence-electron chi connectivity index (χ1n) is 3.02. The molecule has 0 unspecified atom stereocenters. The van der Waals surface area contributed by atoms with Gasteiger partial charge in [0.15, 0.2) is 0 Å². The molecular weight excluding hydrogens is 142 g/mol. The van der Waals surface area contributed by atoms with Crippen LogP contribution in [0, 0.1) is 5.92 Å². The van der Waals surface area contributed by atoms with Gasteiger partial charge in [-0.25, -0.2) is 0 Å². The van der Waals surface area contributed by atoms with Gasteiger partial charge >= 0.3 is 0 Å². The Bertz CT molecular complexity index is 75.6. The zero-order valence-corrected chi connectivity index (χ0v) is 6.59. The Morgan fingerprint density at radius 3 is 2.00 bits per heavy atom. The molecule has 0 aromatic rings. The molecule has 0 spiro atoms. The Morgan fingerprint density at radius 1 is 1.44 bits per heavy atom. The summed E-state index contributed by atoms with van der Waals surface area (Å²) < 4.78 is 23.9. The summed E-state index contributed by atoms with van der Waals surface area (Å²) >= 11 is 3.10. The number of thiol groups is 1. The van der Waals surface area contributed by atoms with Gasteiger partial charge in [0.25, 0.3) is 5.25 Å². The highest BCUT2D eigenvalue weighted by molar-refractivity contribution is 7.81. The van der Waals surface area contributed by atoms with Crippen LogP contribution in [-0.2, 0) is 0 Å². The first-order chi connectivity index (χ1) is 3.92. The van der Waals surface area contributed by atoms with E-state index >= 15 is 0 Å². The fourth-order valence-corrected chi connectivity index (χ4v) is 0.591. The lowest BCUT2D eigenvalue weighted by molar-refractivity contribution is 0.0913. The Hall–Kier alpha value is 0.210. The van der Waals surface area contributed by atoms with Gasteiger partial charge in [-0.05, 0) is 12.3 Å². The second-order valence-electron chi connectivity index (χ2n) is 2.60. The first-order valence-corrected chi connectivity index (χ1v) is 3.47. The monoisotopic (exact) mass is 154 g/mol. The van der Waals surface area contributed by atoms with Crippen LogP contribution in [0.5, 0.6) is 0 Å². The van der Waals surface area contributed by atoms with Crippen molar-refractivity contribution in [3.8, 4) is 0 Å². The SMILES string of the molecule is CC(C)CCC(F)(F)S. The molecule has 0 atom stereocenters. The van der Waals surface area contributed by atoms with Crippen LogP contribution in [0.1, 0.15) is 26.7 Å². The minimum atomic E-state index is -2.77. The maximum atomic E-state index is 11.9. The third-order valence-corrected chi connectivity index (χ3v) is 1.25. The summed E-state index contributed by atoms with van der Waals surface area (Å²) in [4.78, 5) is 0. The van der Waals surface area contributed by atoms with E-state index in [9.17, 15) is 8.78 Å². The second-order valence-corrected chi connectivity index (χ2v) is 3.25. The average Bonchev–Trinajstić information content (AvgIpc) is 1.59. The Balaban J connectivity index is 3.28. The largest absolute Gasteiger partial charge is 0.291 e. The van der Waals surface area contributed by atoms with Gasteiger partial charge < -0.3 is 0 Å².